The lowest BCUT2D eigenvalue weighted by Gasteiger charge is -2.08. The van der Waals surface area contributed by atoms with Gasteiger partial charge in [0.2, 0.25) is 0 Å². The van der Waals surface area contributed by atoms with E-state index >= 15 is 0 Å². The highest BCUT2D eigenvalue weighted by Gasteiger charge is 2.19. The van der Waals surface area contributed by atoms with Crippen molar-refractivity contribution in [3.63, 3.8) is 0 Å². The fourth-order valence-corrected chi connectivity index (χ4v) is 4.29. The SMILES string of the molecule is CSc1ccccc1NC(=O)c1sc2nc(-c3ccccn3)ccc2c1N. The monoisotopic (exact) mass is 392 g/mol. The van der Waals surface area contributed by atoms with E-state index < -0.39 is 0 Å². The van der Waals surface area contributed by atoms with Gasteiger partial charge in [0.05, 0.1) is 22.8 Å². The number of thiophene rings is 1. The number of amides is 1. The van der Waals surface area contributed by atoms with E-state index in [9.17, 15) is 4.79 Å². The van der Waals surface area contributed by atoms with E-state index in [1.807, 2.05) is 60.9 Å². The zero-order valence-electron chi connectivity index (χ0n) is 14.5. The number of hydrogen-bond donors (Lipinski definition) is 2. The van der Waals surface area contributed by atoms with Crippen molar-refractivity contribution in [2.24, 2.45) is 0 Å². The second-order valence-electron chi connectivity index (χ2n) is 5.76. The number of nitrogens with two attached hydrogens (primary N) is 1. The van der Waals surface area contributed by atoms with Crippen molar-refractivity contribution in [3.8, 4) is 11.4 Å². The number of carbonyl (C=O) groups is 1. The molecule has 3 N–H and O–H groups in total. The van der Waals surface area contributed by atoms with Crippen LogP contribution in [0.2, 0.25) is 0 Å². The number of anilines is 2. The number of pyridine rings is 2. The maximum absolute atomic E-state index is 12.8. The second kappa shape index (κ2) is 7.38. The molecule has 0 spiro atoms. The second-order valence-corrected chi connectivity index (χ2v) is 7.61. The molecule has 0 bridgehead atoms. The summed E-state index contributed by atoms with van der Waals surface area (Å²) in [5.41, 5.74) is 9.00. The molecule has 4 aromatic rings. The minimum atomic E-state index is -0.226. The number of fused-ring (bicyclic) bond motifs is 1. The van der Waals surface area contributed by atoms with E-state index in [4.69, 9.17) is 5.73 Å². The Kier molecular flexibility index (Phi) is 4.79. The van der Waals surface area contributed by atoms with Crippen LogP contribution in [0.1, 0.15) is 9.67 Å². The number of benzene rings is 1. The normalized spacial score (nSPS) is 10.9. The van der Waals surface area contributed by atoms with Gasteiger partial charge in [0.25, 0.3) is 5.91 Å². The Morgan fingerprint density at radius 1 is 1.07 bits per heavy atom. The van der Waals surface area contributed by atoms with Crippen LogP contribution in [-0.4, -0.2) is 22.1 Å². The van der Waals surface area contributed by atoms with Gasteiger partial charge in [0, 0.05) is 16.5 Å². The average Bonchev–Trinajstić information content (AvgIpc) is 3.05. The van der Waals surface area contributed by atoms with E-state index in [1.54, 1.807) is 18.0 Å². The summed E-state index contributed by atoms with van der Waals surface area (Å²) >= 11 is 2.87. The van der Waals surface area contributed by atoms with E-state index in [2.05, 4.69) is 15.3 Å². The van der Waals surface area contributed by atoms with Crippen molar-refractivity contribution in [1.29, 1.82) is 0 Å². The predicted molar refractivity (Wildman–Crippen MR) is 113 cm³/mol. The molecule has 0 atom stereocenters. The first-order chi connectivity index (χ1) is 13.2. The molecule has 0 saturated heterocycles. The number of hydrogen-bond acceptors (Lipinski definition) is 6. The zero-order chi connectivity index (χ0) is 18.8. The molecule has 0 unspecified atom stereocenters. The van der Waals surface area contributed by atoms with Crippen LogP contribution in [0.15, 0.2) is 65.7 Å². The minimum Gasteiger partial charge on any atom is -0.397 e. The summed E-state index contributed by atoms with van der Waals surface area (Å²) in [5.74, 6) is -0.226. The van der Waals surface area contributed by atoms with Gasteiger partial charge >= 0.3 is 0 Å². The van der Waals surface area contributed by atoms with Crippen LogP contribution in [0, 0.1) is 0 Å². The van der Waals surface area contributed by atoms with Crippen molar-refractivity contribution in [2.75, 3.05) is 17.3 Å². The molecule has 1 aromatic carbocycles. The molecule has 3 aromatic heterocycles. The Balaban J connectivity index is 1.70. The summed E-state index contributed by atoms with van der Waals surface area (Å²) in [7, 11) is 0. The van der Waals surface area contributed by atoms with Gasteiger partial charge in [-0.2, -0.15) is 0 Å². The molecule has 0 aliphatic heterocycles. The van der Waals surface area contributed by atoms with Gasteiger partial charge < -0.3 is 11.1 Å². The molecule has 5 nitrogen and oxygen atoms in total. The summed E-state index contributed by atoms with van der Waals surface area (Å²) in [6.07, 6.45) is 3.70. The van der Waals surface area contributed by atoms with Crippen LogP contribution in [-0.2, 0) is 0 Å². The van der Waals surface area contributed by atoms with Gasteiger partial charge in [-0.3, -0.25) is 9.78 Å². The lowest BCUT2D eigenvalue weighted by molar-refractivity contribution is 0.103. The van der Waals surface area contributed by atoms with Gasteiger partial charge in [0.1, 0.15) is 9.71 Å². The van der Waals surface area contributed by atoms with Crippen LogP contribution in [0.5, 0.6) is 0 Å². The highest BCUT2D eigenvalue weighted by Crippen LogP contribution is 2.35. The average molecular weight is 393 g/mol. The molecule has 4 rings (SSSR count). The van der Waals surface area contributed by atoms with Crippen molar-refractivity contribution in [1.82, 2.24) is 9.97 Å². The fourth-order valence-electron chi connectivity index (χ4n) is 2.75. The van der Waals surface area contributed by atoms with Crippen LogP contribution < -0.4 is 11.1 Å². The van der Waals surface area contributed by atoms with Gasteiger partial charge in [0.15, 0.2) is 0 Å². The molecule has 7 heteroatoms. The molecule has 0 radical (unpaired) electrons. The summed E-state index contributed by atoms with van der Waals surface area (Å²) in [6.45, 7) is 0. The largest absolute Gasteiger partial charge is 0.397 e. The Morgan fingerprint density at radius 3 is 2.67 bits per heavy atom. The quantitative estimate of drug-likeness (QED) is 0.482. The Morgan fingerprint density at radius 2 is 1.89 bits per heavy atom. The lowest BCUT2D eigenvalue weighted by atomic mass is 10.2. The van der Waals surface area contributed by atoms with Crippen LogP contribution >= 0.6 is 23.1 Å². The maximum atomic E-state index is 12.8. The standard InChI is InChI=1S/C20H16N4OS2/c1-26-16-8-3-2-7-15(16)23-19(25)18-17(21)12-9-10-14(24-20(12)27-18)13-6-4-5-11-22-13/h2-11H,21H2,1H3,(H,23,25). The summed E-state index contributed by atoms with van der Waals surface area (Å²) < 4.78 is 0. The number of aromatic nitrogens is 2. The first-order valence-corrected chi connectivity index (χ1v) is 10.3. The van der Waals surface area contributed by atoms with Gasteiger partial charge in [-0.25, -0.2) is 4.98 Å². The topological polar surface area (TPSA) is 80.9 Å². The number of nitrogens with zero attached hydrogens (tertiary/aromatic N) is 2. The first kappa shape index (κ1) is 17.5. The maximum Gasteiger partial charge on any atom is 0.267 e. The van der Waals surface area contributed by atoms with Gasteiger partial charge in [-0.05, 0) is 42.7 Å². The van der Waals surface area contributed by atoms with Crippen molar-refractivity contribution >= 4 is 50.6 Å². The highest BCUT2D eigenvalue weighted by molar-refractivity contribution is 7.98. The lowest BCUT2D eigenvalue weighted by Crippen LogP contribution is -2.12. The molecular formula is C20H16N4OS2. The number of para-hydroxylation sites is 1. The van der Waals surface area contributed by atoms with Gasteiger partial charge in [-0.15, -0.1) is 23.1 Å². The van der Waals surface area contributed by atoms with Crippen LogP contribution in [0.25, 0.3) is 21.6 Å². The summed E-state index contributed by atoms with van der Waals surface area (Å²) in [5, 5.41) is 3.74. The van der Waals surface area contributed by atoms with E-state index in [0.29, 0.717) is 10.6 Å². The number of nitrogen functional groups attached to an aromatic ring is 1. The fraction of sp³-hybridized carbons (Fsp3) is 0.0500. The molecule has 0 aliphatic rings. The summed E-state index contributed by atoms with van der Waals surface area (Å²) in [6, 6.07) is 17.1. The third-order valence-electron chi connectivity index (χ3n) is 4.08. The number of rotatable bonds is 4. The minimum absolute atomic E-state index is 0.226. The molecule has 0 aliphatic carbocycles. The number of thioether (sulfide) groups is 1. The summed E-state index contributed by atoms with van der Waals surface area (Å²) in [4.78, 5) is 24.0. The van der Waals surface area contributed by atoms with Crippen molar-refractivity contribution < 1.29 is 4.79 Å². The molecular weight excluding hydrogens is 376 g/mol. The Hall–Kier alpha value is -2.90. The zero-order valence-corrected chi connectivity index (χ0v) is 16.1. The molecule has 134 valence electrons. The van der Waals surface area contributed by atoms with Crippen molar-refractivity contribution in [2.45, 2.75) is 4.90 Å². The first-order valence-electron chi connectivity index (χ1n) is 8.22. The van der Waals surface area contributed by atoms with E-state index in [-0.39, 0.29) is 5.91 Å². The smallest absolute Gasteiger partial charge is 0.267 e. The molecule has 3 heterocycles. The molecule has 27 heavy (non-hydrogen) atoms. The molecule has 0 fully saturated rings. The van der Waals surface area contributed by atoms with Crippen LogP contribution in [0.4, 0.5) is 11.4 Å². The predicted octanol–water partition coefficient (Wildman–Crippen LogP) is 4.91. The molecule has 0 saturated carbocycles. The Bertz CT molecular complexity index is 1130. The Labute approximate surface area is 164 Å². The number of carbonyl (C=O) groups excluding carboxylic acids is 1. The van der Waals surface area contributed by atoms with E-state index in [1.165, 1.54) is 11.3 Å². The molecule has 1 amide bonds. The third-order valence-corrected chi connectivity index (χ3v) is 5.99. The highest BCUT2D eigenvalue weighted by atomic mass is 32.2. The van der Waals surface area contributed by atoms with Crippen LogP contribution in [0.3, 0.4) is 0 Å². The van der Waals surface area contributed by atoms with E-state index in [0.717, 1.165) is 32.2 Å². The third kappa shape index (κ3) is 3.39. The van der Waals surface area contributed by atoms with Crippen molar-refractivity contribution in [3.05, 3.63) is 65.7 Å². The number of nitrogens with one attached hydrogen (secondary N) is 1. The van der Waals surface area contributed by atoms with Gasteiger partial charge in [-0.1, -0.05) is 18.2 Å².